The normalized spacial score (nSPS) is 24.4. The van der Waals surface area contributed by atoms with Crippen molar-refractivity contribution in [1.29, 1.82) is 0 Å². The lowest BCUT2D eigenvalue weighted by Gasteiger charge is -2.39. The lowest BCUT2D eigenvalue weighted by Crippen LogP contribution is -2.46. The van der Waals surface area contributed by atoms with Crippen LogP contribution in [-0.4, -0.2) is 44.4 Å². The number of ether oxygens (including phenoxy) is 2. The summed E-state index contributed by atoms with van der Waals surface area (Å²) in [5, 5.41) is 4.56. The van der Waals surface area contributed by atoms with Crippen LogP contribution in [0.4, 0.5) is 0 Å². The summed E-state index contributed by atoms with van der Waals surface area (Å²) in [4.78, 5) is 0. The van der Waals surface area contributed by atoms with Gasteiger partial charge < -0.3 is 14.8 Å². The van der Waals surface area contributed by atoms with Crippen molar-refractivity contribution in [2.45, 2.75) is 30.7 Å². The Bertz CT molecular complexity index is 499. The van der Waals surface area contributed by atoms with E-state index in [1.807, 2.05) is 23.9 Å². The Labute approximate surface area is 142 Å². The van der Waals surface area contributed by atoms with Crippen molar-refractivity contribution in [3.05, 3.63) is 28.8 Å². The Kier molecular flexibility index (Phi) is 5.55. The van der Waals surface area contributed by atoms with E-state index in [-0.39, 0.29) is 5.41 Å². The first-order valence-electron chi connectivity index (χ1n) is 7.96. The Hall–Kier alpha value is -0.420. The molecule has 0 aromatic heterocycles. The van der Waals surface area contributed by atoms with E-state index in [2.05, 4.69) is 11.4 Å². The molecule has 2 saturated heterocycles. The van der Waals surface area contributed by atoms with Gasteiger partial charge in [-0.3, -0.25) is 0 Å². The fourth-order valence-corrected chi connectivity index (χ4v) is 4.79. The Morgan fingerprint density at radius 2 is 2.23 bits per heavy atom. The molecule has 1 atom stereocenters. The molecule has 3 rings (SSSR count). The van der Waals surface area contributed by atoms with E-state index >= 15 is 0 Å². The fourth-order valence-electron chi connectivity index (χ4n) is 3.43. The third kappa shape index (κ3) is 3.56. The molecule has 0 radical (unpaired) electrons. The maximum absolute atomic E-state index is 6.27. The van der Waals surface area contributed by atoms with Crippen LogP contribution in [0.3, 0.4) is 0 Å². The van der Waals surface area contributed by atoms with E-state index in [1.165, 1.54) is 23.5 Å². The Morgan fingerprint density at radius 3 is 2.91 bits per heavy atom. The maximum Gasteiger partial charge on any atom is 0.122 e. The fraction of sp³-hybridized carbons (Fsp3) is 0.647. The molecule has 5 heteroatoms. The highest BCUT2D eigenvalue weighted by atomic mass is 35.5. The summed E-state index contributed by atoms with van der Waals surface area (Å²) in [5.74, 6) is 3.43. The number of nitrogens with one attached hydrogen (secondary N) is 1. The van der Waals surface area contributed by atoms with Crippen molar-refractivity contribution in [2.24, 2.45) is 0 Å². The van der Waals surface area contributed by atoms with Crippen molar-refractivity contribution in [1.82, 2.24) is 5.32 Å². The number of benzene rings is 1. The van der Waals surface area contributed by atoms with Crippen LogP contribution in [0.1, 0.15) is 24.8 Å². The number of halogens is 1. The number of hydrogen-bond donors (Lipinski definition) is 1. The number of methoxy groups -OCH3 is 1. The first-order chi connectivity index (χ1) is 10.7. The second kappa shape index (κ2) is 7.43. The summed E-state index contributed by atoms with van der Waals surface area (Å²) >= 11 is 8.31. The van der Waals surface area contributed by atoms with Gasteiger partial charge in [-0.15, -0.1) is 0 Å². The minimum absolute atomic E-state index is 0.0573. The molecule has 22 heavy (non-hydrogen) atoms. The molecule has 0 bridgehead atoms. The number of hydrogen-bond acceptors (Lipinski definition) is 4. The number of thioether (sulfide) groups is 1. The first kappa shape index (κ1) is 16.4. The average Bonchev–Trinajstić information content (AvgIpc) is 3.07. The largest absolute Gasteiger partial charge is 0.496 e. The molecular formula is C17H24ClNO2S. The summed E-state index contributed by atoms with van der Waals surface area (Å²) in [6.07, 6.45) is 3.29. The van der Waals surface area contributed by atoms with Gasteiger partial charge in [0.1, 0.15) is 5.75 Å². The van der Waals surface area contributed by atoms with Crippen LogP contribution < -0.4 is 10.1 Å². The van der Waals surface area contributed by atoms with Crippen LogP contribution in [0.5, 0.6) is 5.75 Å². The van der Waals surface area contributed by atoms with Gasteiger partial charge in [-0.1, -0.05) is 11.6 Å². The van der Waals surface area contributed by atoms with Gasteiger partial charge in [-0.2, -0.15) is 11.8 Å². The minimum Gasteiger partial charge on any atom is -0.496 e. The van der Waals surface area contributed by atoms with Gasteiger partial charge in [0, 0.05) is 47.6 Å². The van der Waals surface area contributed by atoms with Crippen molar-refractivity contribution in [3.63, 3.8) is 0 Å². The lowest BCUT2D eigenvalue weighted by atomic mass is 9.73. The van der Waals surface area contributed by atoms with Crippen molar-refractivity contribution in [3.8, 4) is 5.75 Å². The highest BCUT2D eigenvalue weighted by Gasteiger charge is 2.37. The van der Waals surface area contributed by atoms with Crippen LogP contribution in [0.2, 0.25) is 5.02 Å². The van der Waals surface area contributed by atoms with Gasteiger partial charge in [0.15, 0.2) is 0 Å². The summed E-state index contributed by atoms with van der Waals surface area (Å²) < 4.78 is 11.2. The van der Waals surface area contributed by atoms with Gasteiger partial charge in [0.2, 0.25) is 0 Å². The van der Waals surface area contributed by atoms with Crippen LogP contribution >= 0.6 is 23.4 Å². The quantitative estimate of drug-likeness (QED) is 0.888. The van der Waals surface area contributed by atoms with Gasteiger partial charge in [0.05, 0.1) is 7.11 Å². The smallest absolute Gasteiger partial charge is 0.122 e. The second-order valence-electron chi connectivity index (χ2n) is 6.18. The molecular weight excluding hydrogens is 318 g/mol. The van der Waals surface area contributed by atoms with Crippen molar-refractivity contribution < 1.29 is 9.47 Å². The van der Waals surface area contributed by atoms with Crippen LogP contribution in [0, 0.1) is 0 Å². The molecule has 2 aliphatic heterocycles. The van der Waals surface area contributed by atoms with Crippen molar-refractivity contribution >= 4 is 23.4 Å². The second-order valence-corrected chi connectivity index (χ2v) is 7.76. The summed E-state index contributed by atoms with van der Waals surface area (Å²) in [6, 6.07) is 6.60. The van der Waals surface area contributed by atoms with E-state index in [4.69, 9.17) is 21.1 Å². The van der Waals surface area contributed by atoms with Crippen LogP contribution in [-0.2, 0) is 10.2 Å². The molecule has 0 spiro atoms. The monoisotopic (exact) mass is 341 g/mol. The van der Waals surface area contributed by atoms with E-state index in [1.54, 1.807) is 7.11 Å². The predicted octanol–water partition coefficient (Wildman–Crippen LogP) is 3.49. The molecule has 3 nitrogen and oxygen atoms in total. The highest BCUT2D eigenvalue weighted by Crippen LogP contribution is 2.41. The maximum atomic E-state index is 6.27. The average molecular weight is 342 g/mol. The zero-order valence-corrected chi connectivity index (χ0v) is 14.6. The third-order valence-corrected chi connectivity index (χ3v) is 6.24. The standard InChI is InChI=1S/C17H24ClNO2S/c1-20-16-3-2-13(18)10-15(16)17(5-7-21-8-6-17)12-19-14-4-9-22-11-14/h2-3,10,14,19H,4-9,11-12H2,1H3/t14-/m0/s1. The summed E-state index contributed by atoms with van der Waals surface area (Å²) in [7, 11) is 1.74. The Balaban J connectivity index is 1.86. The lowest BCUT2D eigenvalue weighted by molar-refractivity contribution is 0.0483. The molecule has 122 valence electrons. The summed E-state index contributed by atoms with van der Waals surface area (Å²) in [6.45, 7) is 2.58. The Morgan fingerprint density at radius 1 is 1.41 bits per heavy atom. The minimum atomic E-state index is 0.0573. The van der Waals surface area contributed by atoms with E-state index in [0.29, 0.717) is 6.04 Å². The zero-order valence-electron chi connectivity index (χ0n) is 13.1. The molecule has 2 fully saturated rings. The van der Waals surface area contributed by atoms with Gasteiger partial charge in [0.25, 0.3) is 0 Å². The molecule has 1 aromatic rings. The topological polar surface area (TPSA) is 30.5 Å². The molecule has 1 aromatic carbocycles. The van der Waals surface area contributed by atoms with Gasteiger partial charge in [-0.05, 0) is 43.2 Å². The molecule has 0 unspecified atom stereocenters. The molecule has 2 heterocycles. The van der Waals surface area contributed by atoms with Gasteiger partial charge in [-0.25, -0.2) is 0 Å². The number of rotatable bonds is 5. The van der Waals surface area contributed by atoms with E-state index < -0.39 is 0 Å². The van der Waals surface area contributed by atoms with Gasteiger partial charge >= 0.3 is 0 Å². The first-order valence-corrected chi connectivity index (χ1v) is 9.50. The SMILES string of the molecule is COc1ccc(Cl)cc1C1(CN[C@H]2CCSC2)CCOCC1. The summed E-state index contributed by atoms with van der Waals surface area (Å²) in [5.41, 5.74) is 1.28. The van der Waals surface area contributed by atoms with E-state index in [9.17, 15) is 0 Å². The van der Waals surface area contributed by atoms with E-state index in [0.717, 1.165) is 43.4 Å². The van der Waals surface area contributed by atoms with Crippen LogP contribution in [0.25, 0.3) is 0 Å². The molecule has 2 aliphatic rings. The van der Waals surface area contributed by atoms with Crippen LogP contribution in [0.15, 0.2) is 18.2 Å². The highest BCUT2D eigenvalue weighted by molar-refractivity contribution is 7.99. The van der Waals surface area contributed by atoms with Crippen molar-refractivity contribution in [2.75, 3.05) is 38.4 Å². The molecule has 0 amide bonds. The molecule has 0 saturated carbocycles. The zero-order chi connectivity index (χ0) is 15.4. The predicted molar refractivity (Wildman–Crippen MR) is 93.5 cm³/mol. The molecule has 1 N–H and O–H groups in total. The molecule has 0 aliphatic carbocycles. The third-order valence-electron chi connectivity index (χ3n) is 4.84.